The Hall–Kier alpha value is -1.56. The first-order valence-corrected chi connectivity index (χ1v) is 8.63. The number of hydrogen-bond acceptors (Lipinski definition) is 2. The van der Waals surface area contributed by atoms with Crippen LogP contribution in [0.3, 0.4) is 0 Å². The molecule has 1 aromatic rings. The van der Waals surface area contributed by atoms with Crippen LogP contribution in [-0.2, 0) is 11.2 Å². The molecule has 24 heavy (non-hydrogen) atoms. The molecular formula is C18H25F3N2O. The fraction of sp³-hybridized carbons (Fsp3) is 0.611. The number of carbonyl (C=O) groups is 1. The predicted octanol–water partition coefficient (Wildman–Crippen LogP) is 4.54. The van der Waals surface area contributed by atoms with E-state index in [0.29, 0.717) is 0 Å². The molecule has 1 heterocycles. The molecule has 1 atom stereocenters. The number of rotatable bonds is 8. The number of hydrazine groups is 1. The highest BCUT2D eigenvalue weighted by Crippen LogP contribution is 2.37. The molecule has 2 rings (SSSR count). The Morgan fingerprint density at radius 3 is 2.33 bits per heavy atom. The zero-order chi connectivity index (χ0) is 17.6. The smallest absolute Gasteiger partial charge is 0.288 e. The average Bonchev–Trinajstić information content (AvgIpc) is 2.93. The Morgan fingerprint density at radius 2 is 1.79 bits per heavy atom. The van der Waals surface area contributed by atoms with Gasteiger partial charge in [0.2, 0.25) is 5.91 Å². The van der Waals surface area contributed by atoms with Crippen molar-refractivity contribution in [3.8, 4) is 0 Å². The second-order valence-electron chi connectivity index (χ2n) is 6.33. The Labute approximate surface area is 141 Å². The third-order valence-corrected chi connectivity index (χ3v) is 4.33. The fourth-order valence-electron chi connectivity index (χ4n) is 3.03. The van der Waals surface area contributed by atoms with Crippen LogP contribution in [0, 0.1) is 0 Å². The van der Waals surface area contributed by atoms with Gasteiger partial charge in [-0.3, -0.25) is 10.2 Å². The van der Waals surface area contributed by atoms with Gasteiger partial charge in [-0.05, 0) is 24.0 Å². The number of benzene rings is 1. The van der Waals surface area contributed by atoms with E-state index in [-0.39, 0.29) is 24.4 Å². The van der Waals surface area contributed by atoms with Crippen molar-refractivity contribution in [2.24, 2.45) is 0 Å². The topological polar surface area (TPSA) is 32.3 Å². The van der Waals surface area contributed by atoms with Crippen LogP contribution >= 0.6 is 0 Å². The second-order valence-corrected chi connectivity index (χ2v) is 6.33. The van der Waals surface area contributed by atoms with Crippen LogP contribution in [0.2, 0.25) is 0 Å². The summed E-state index contributed by atoms with van der Waals surface area (Å²) in [5.41, 5.74) is 3.53. The summed E-state index contributed by atoms with van der Waals surface area (Å²) in [5, 5.41) is 0.988. The van der Waals surface area contributed by atoms with Crippen molar-refractivity contribution in [3.63, 3.8) is 0 Å². The summed E-state index contributed by atoms with van der Waals surface area (Å²) >= 11 is 0. The highest BCUT2D eigenvalue weighted by atomic mass is 19.4. The van der Waals surface area contributed by atoms with Crippen LogP contribution in [-0.4, -0.2) is 23.6 Å². The quantitative estimate of drug-likeness (QED) is 0.704. The lowest BCUT2D eigenvalue weighted by Crippen LogP contribution is -2.43. The SMILES string of the molecule is CCCCCCCc1ccc([C@H](N2CCC(=O)N2)C(F)(F)F)cc1. The number of alkyl halides is 3. The van der Waals surface area contributed by atoms with E-state index < -0.39 is 12.2 Å². The minimum Gasteiger partial charge on any atom is -0.288 e. The lowest BCUT2D eigenvalue weighted by Gasteiger charge is -2.29. The van der Waals surface area contributed by atoms with Crippen molar-refractivity contribution in [1.29, 1.82) is 0 Å². The summed E-state index contributed by atoms with van der Waals surface area (Å²) in [5.74, 6) is -0.368. The molecule has 3 nitrogen and oxygen atoms in total. The third kappa shape index (κ3) is 5.23. The number of unbranched alkanes of at least 4 members (excludes halogenated alkanes) is 4. The van der Waals surface area contributed by atoms with Crippen LogP contribution < -0.4 is 5.43 Å². The van der Waals surface area contributed by atoms with E-state index in [9.17, 15) is 18.0 Å². The van der Waals surface area contributed by atoms with Gasteiger partial charge in [-0.2, -0.15) is 13.2 Å². The highest BCUT2D eigenvalue weighted by Gasteiger charge is 2.46. The molecule has 134 valence electrons. The minimum absolute atomic E-state index is 0.0716. The largest absolute Gasteiger partial charge is 0.409 e. The summed E-state index contributed by atoms with van der Waals surface area (Å²) in [6.45, 7) is 2.24. The first-order valence-electron chi connectivity index (χ1n) is 8.63. The lowest BCUT2D eigenvalue weighted by molar-refractivity contribution is -0.191. The van der Waals surface area contributed by atoms with E-state index in [4.69, 9.17) is 0 Å². The maximum atomic E-state index is 13.4. The number of amides is 1. The number of carbonyl (C=O) groups excluding carboxylic acids is 1. The summed E-state index contributed by atoms with van der Waals surface area (Å²) in [6.07, 6.45) is 2.40. The molecule has 1 aliphatic heterocycles. The fourth-order valence-corrected chi connectivity index (χ4v) is 3.03. The van der Waals surface area contributed by atoms with E-state index in [0.717, 1.165) is 29.8 Å². The summed E-state index contributed by atoms with van der Waals surface area (Å²) in [4.78, 5) is 11.2. The Kier molecular flexibility index (Phi) is 6.66. The van der Waals surface area contributed by atoms with Crippen LogP contribution in [0.5, 0.6) is 0 Å². The monoisotopic (exact) mass is 342 g/mol. The molecule has 0 aromatic heterocycles. The molecule has 0 radical (unpaired) electrons. The molecule has 1 aromatic carbocycles. The van der Waals surface area contributed by atoms with Gasteiger partial charge in [-0.15, -0.1) is 0 Å². The number of halogens is 3. The van der Waals surface area contributed by atoms with Gasteiger partial charge in [0.05, 0.1) is 0 Å². The van der Waals surface area contributed by atoms with Crippen LogP contribution in [0.25, 0.3) is 0 Å². The first-order chi connectivity index (χ1) is 11.4. The van der Waals surface area contributed by atoms with Gasteiger partial charge in [0.25, 0.3) is 0 Å². The van der Waals surface area contributed by atoms with Gasteiger partial charge in [0.15, 0.2) is 0 Å². The molecule has 1 fully saturated rings. The molecule has 1 amide bonds. The standard InChI is InChI=1S/C18H25F3N2O/c1-2-3-4-5-6-7-14-8-10-15(11-9-14)17(18(19,20)21)23-13-12-16(24)22-23/h8-11,17H,2-7,12-13H2,1H3,(H,22,24)/t17-/m0/s1. The minimum atomic E-state index is -4.43. The van der Waals surface area contributed by atoms with Crippen LogP contribution in [0.4, 0.5) is 13.2 Å². The Morgan fingerprint density at radius 1 is 1.12 bits per heavy atom. The number of nitrogens with zero attached hydrogens (tertiary/aromatic N) is 1. The van der Waals surface area contributed by atoms with Crippen molar-refractivity contribution in [2.45, 2.75) is 64.1 Å². The van der Waals surface area contributed by atoms with Crippen LogP contribution in [0.1, 0.15) is 62.6 Å². The molecule has 6 heteroatoms. The van der Waals surface area contributed by atoms with Crippen molar-refractivity contribution < 1.29 is 18.0 Å². The van der Waals surface area contributed by atoms with E-state index in [1.807, 2.05) is 0 Å². The van der Waals surface area contributed by atoms with Crippen molar-refractivity contribution >= 4 is 5.91 Å². The van der Waals surface area contributed by atoms with Gasteiger partial charge >= 0.3 is 6.18 Å². The Balaban J connectivity index is 1.99. The van der Waals surface area contributed by atoms with E-state index in [1.54, 1.807) is 12.1 Å². The van der Waals surface area contributed by atoms with Gasteiger partial charge in [-0.1, -0.05) is 56.9 Å². The predicted molar refractivity (Wildman–Crippen MR) is 87.2 cm³/mol. The van der Waals surface area contributed by atoms with Gasteiger partial charge < -0.3 is 0 Å². The number of hydrogen-bond donors (Lipinski definition) is 1. The maximum Gasteiger partial charge on any atom is 0.409 e. The summed E-state index contributed by atoms with van der Waals surface area (Å²) < 4.78 is 40.2. The normalized spacial score (nSPS) is 17.1. The molecule has 0 spiro atoms. The zero-order valence-corrected chi connectivity index (χ0v) is 14.0. The van der Waals surface area contributed by atoms with Gasteiger partial charge in [-0.25, -0.2) is 5.01 Å². The Bertz CT molecular complexity index is 528. The average molecular weight is 342 g/mol. The first kappa shape index (κ1) is 18.8. The van der Waals surface area contributed by atoms with Crippen molar-refractivity contribution in [3.05, 3.63) is 35.4 Å². The lowest BCUT2D eigenvalue weighted by atomic mass is 10.0. The maximum absolute atomic E-state index is 13.4. The molecule has 0 aliphatic carbocycles. The van der Waals surface area contributed by atoms with Gasteiger partial charge in [0.1, 0.15) is 6.04 Å². The molecular weight excluding hydrogens is 317 g/mol. The third-order valence-electron chi connectivity index (χ3n) is 4.33. The highest BCUT2D eigenvalue weighted by molar-refractivity contribution is 5.77. The second kappa shape index (κ2) is 8.51. The van der Waals surface area contributed by atoms with Crippen molar-refractivity contribution in [1.82, 2.24) is 10.4 Å². The molecule has 0 bridgehead atoms. The van der Waals surface area contributed by atoms with Crippen molar-refractivity contribution in [2.75, 3.05) is 6.54 Å². The van der Waals surface area contributed by atoms with E-state index in [2.05, 4.69) is 12.3 Å². The summed E-state index contributed by atoms with van der Waals surface area (Å²) in [7, 11) is 0. The number of aryl methyl sites for hydroxylation is 1. The van der Waals surface area contributed by atoms with Crippen LogP contribution in [0.15, 0.2) is 24.3 Å². The molecule has 1 N–H and O–H groups in total. The molecule has 1 saturated heterocycles. The van der Waals surface area contributed by atoms with Gasteiger partial charge in [0, 0.05) is 13.0 Å². The zero-order valence-electron chi connectivity index (χ0n) is 14.0. The molecule has 1 aliphatic rings. The van der Waals surface area contributed by atoms with E-state index >= 15 is 0 Å². The molecule has 0 saturated carbocycles. The summed E-state index contributed by atoms with van der Waals surface area (Å²) in [6, 6.07) is 4.81. The number of nitrogens with one attached hydrogen (secondary N) is 1. The van der Waals surface area contributed by atoms with E-state index in [1.165, 1.54) is 31.4 Å². The molecule has 0 unspecified atom stereocenters.